The van der Waals surface area contributed by atoms with Crippen LogP contribution in [-0.2, 0) is 0 Å². The van der Waals surface area contributed by atoms with E-state index in [1.165, 1.54) is 0 Å². The summed E-state index contributed by atoms with van der Waals surface area (Å²) in [6, 6.07) is 0. The third kappa shape index (κ3) is 1.33. The first-order chi connectivity index (χ1) is 5.30. The molecule has 2 nitrogen and oxygen atoms in total. The minimum atomic E-state index is -2.75. The lowest BCUT2D eigenvalue weighted by atomic mass is 9.62. The van der Waals surface area contributed by atoms with E-state index in [-0.39, 0.29) is 18.8 Å². The Kier molecular flexibility index (Phi) is 2.17. The molecule has 1 aliphatic carbocycles. The van der Waals surface area contributed by atoms with E-state index in [0.717, 1.165) is 0 Å². The van der Waals surface area contributed by atoms with Gasteiger partial charge in [-0.15, -0.1) is 0 Å². The summed E-state index contributed by atoms with van der Waals surface area (Å²) in [7, 11) is 0. The second kappa shape index (κ2) is 2.64. The Morgan fingerprint density at radius 2 is 1.50 bits per heavy atom. The van der Waals surface area contributed by atoms with Gasteiger partial charge in [0.05, 0.1) is 5.60 Å². The summed E-state index contributed by atoms with van der Waals surface area (Å²) in [5, 5.41) is 18.7. The van der Waals surface area contributed by atoms with E-state index in [4.69, 9.17) is 5.11 Å². The Morgan fingerprint density at radius 3 is 1.75 bits per heavy atom. The topological polar surface area (TPSA) is 40.5 Å². The third-order valence-corrected chi connectivity index (χ3v) is 2.71. The molecule has 2 N–H and O–H groups in total. The van der Waals surface area contributed by atoms with Crippen LogP contribution in [0.1, 0.15) is 26.7 Å². The highest BCUT2D eigenvalue weighted by Crippen LogP contribution is 2.48. The first kappa shape index (κ1) is 9.86. The number of halogens is 2. The fourth-order valence-corrected chi connectivity index (χ4v) is 1.57. The number of rotatable bonds is 2. The Morgan fingerprint density at radius 1 is 1.08 bits per heavy atom. The summed E-state index contributed by atoms with van der Waals surface area (Å²) in [6.07, 6.45) is -3.18. The van der Waals surface area contributed by atoms with Gasteiger partial charge in [0, 0.05) is 12.8 Å². The molecule has 12 heavy (non-hydrogen) atoms. The summed E-state index contributed by atoms with van der Waals surface area (Å²) in [5.41, 5.74) is -3.04. The first-order valence-electron chi connectivity index (χ1n) is 4.03. The van der Waals surface area contributed by atoms with Crippen LogP contribution >= 0.6 is 0 Å². The Balaban J connectivity index is 2.56. The van der Waals surface area contributed by atoms with Crippen molar-refractivity contribution in [2.45, 2.75) is 44.3 Å². The van der Waals surface area contributed by atoms with Crippen LogP contribution in [0, 0.1) is 5.92 Å². The predicted octanol–water partition coefficient (Wildman–Crippen LogP) is 1.16. The Hall–Kier alpha value is -0.220. The van der Waals surface area contributed by atoms with Crippen molar-refractivity contribution in [3.8, 4) is 0 Å². The lowest BCUT2D eigenvalue weighted by Crippen LogP contribution is -2.62. The van der Waals surface area contributed by atoms with Gasteiger partial charge in [-0.2, -0.15) is 0 Å². The standard InChI is InChI=1S/C8H14F2O2/c1-5(2)7(11)3-8(12,4-7)6(9)10/h5-6,11-12H,3-4H2,1-2H3. The molecule has 1 saturated carbocycles. The van der Waals surface area contributed by atoms with E-state index in [9.17, 15) is 13.9 Å². The lowest BCUT2D eigenvalue weighted by Gasteiger charge is -2.51. The zero-order chi connectivity index (χ0) is 9.57. The molecule has 0 atom stereocenters. The van der Waals surface area contributed by atoms with E-state index in [0.29, 0.717) is 0 Å². The molecule has 0 aromatic carbocycles. The molecular weight excluding hydrogens is 166 g/mol. The van der Waals surface area contributed by atoms with Gasteiger partial charge in [-0.3, -0.25) is 0 Å². The summed E-state index contributed by atoms with van der Waals surface area (Å²) in [6.45, 7) is 3.51. The van der Waals surface area contributed by atoms with Gasteiger partial charge in [-0.25, -0.2) is 8.78 Å². The average molecular weight is 180 g/mol. The minimum Gasteiger partial charge on any atom is -0.389 e. The molecule has 0 aromatic rings. The Labute approximate surface area is 70.2 Å². The highest BCUT2D eigenvalue weighted by molar-refractivity contribution is 5.07. The molecule has 0 radical (unpaired) electrons. The van der Waals surface area contributed by atoms with Crippen LogP contribution in [0.5, 0.6) is 0 Å². The van der Waals surface area contributed by atoms with Crippen molar-refractivity contribution in [1.82, 2.24) is 0 Å². The van der Waals surface area contributed by atoms with Crippen LogP contribution in [0.15, 0.2) is 0 Å². The van der Waals surface area contributed by atoms with Gasteiger partial charge in [0.25, 0.3) is 6.43 Å². The molecule has 0 bridgehead atoms. The molecule has 0 unspecified atom stereocenters. The van der Waals surface area contributed by atoms with Gasteiger partial charge < -0.3 is 10.2 Å². The molecule has 0 saturated heterocycles. The summed E-state index contributed by atoms with van der Waals surface area (Å²) in [5.74, 6) is -0.0866. The van der Waals surface area contributed by atoms with Gasteiger partial charge in [-0.1, -0.05) is 13.8 Å². The maximum Gasteiger partial charge on any atom is 0.267 e. The number of alkyl halides is 2. The number of aliphatic hydroxyl groups is 2. The fourth-order valence-electron chi connectivity index (χ4n) is 1.57. The van der Waals surface area contributed by atoms with Crippen molar-refractivity contribution in [2.75, 3.05) is 0 Å². The second-order valence-electron chi connectivity index (χ2n) is 4.02. The molecule has 0 amide bonds. The van der Waals surface area contributed by atoms with Crippen LogP contribution in [0.25, 0.3) is 0 Å². The van der Waals surface area contributed by atoms with Crippen molar-refractivity contribution in [1.29, 1.82) is 0 Å². The zero-order valence-corrected chi connectivity index (χ0v) is 7.22. The molecule has 0 aliphatic heterocycles. The van der Waals surface area contributed by atoms with Crippen molar-refractivity contribution < 1.29 is 19.0 Å². The van der Waals surface area contributed by atoms with E-state index in [2.05, 4.69) is 0 Å². The number of hydrogen-bond acceptors (Lipinski definition) is 2. The van der Waals surface area contributed by atoms with E-state index in [1.807, 2.05) is 0 Å². The van der Waals surface area contributed by atoms with E-state index < -0.39 is 17.6 Å². The first-order valence-corrected chi connectivity index (χ1v) is 4.03. The summed E-state index contributed by atoms with van der Waals surface area (Å²) in [4.78, 5) is 0. The molecule has 0 aromatic heterocycles. The highest BCUT2D eigenvalue weighted by atomic mass is 19.3. The van der Waals surface area contributed by atoms with Gasteiger partial charge in [-0.05, 0) is 5.92 Å². The van der Waals surface area contributed by atoms with Crippen LogP contribution in [-0.4, -0.2) is 27.8 Å². The zero-order valence-electron chi connectivity index (χ0n) is 7.22. The quantitative estimate of drug-likeness (QED) is 0.669. The van der Waals surface area contributed by atoms with Crippen molar-refractivity contribution in [3.05, 3.63) is 0 Å². The minimum absolute atomic E-state index is 0.0866. The smallest absolute Gasteiger partial charge is 0.267 e. The normalized spacial score (nSPS) is 42.0. The van der Waals surface area contributed by atoms with Crippen LogP contribution < -0.4 is 0 Å². The van der Waals surface area contributed by atoms with Crippen molar-refractivity contribution in [2.24, 2.45) is 5.92 Å². The molecule has 1 aliphatic rings. The van der Waals surface area contributed by atoms with Crippen LogP contribution in [0.3, 0.4) is 0 Å². The molecular formula is C8H14F2O2. The molecule has 1 fully saturated rings. The van der Waals surface area contributed by atoms with Crippen LogP contribution in [0.4, 0.5) is 8.78 Å². The van der Waals surface area contributed by atoms with E-state index >= 15 is 0 Å². The molecule has 0 heterocycles. The maximum absolute atomic E-state index is 12.1. The van der Waals surface area contributed by atoms with Crippen molar-refractivity contribution in [3.63, 3.8) is 0 Å². The molecule has 4 heteroatoms. The van der Waals surface area contributed by atoms with Gasteiger partial charge in [0.15, 0.2) is 0 Å². The highest BCUT2D eigenvalue weighted by Gasteiger charge is 2.59. The number of hydrogen-bond donors (Lipinski definition) is 2. The molecule has 0 spiro atoms. The molecule has 72 valence electrons. The second-order valence-corrected chi connectivity index (χ2v) is 4.02. The average Bonchev–Trinajstić information content (AvgIpc) is 1.83. The predicted molar refractivity (Wildman–Crippen MR) is 40.0 cm³/mol. The van der Waals surface area contributed by atoms with Gasteiger partial charge in [0.2, 0.25) is 0 Å². The van der Waals surface area contributed by atoms with Gasteiger partial charge >= 0.3 is 0 Å². The fraction of sp³-hybridized carbons (Fsp3) is 1.00. The van der Waals surface area contributed by atoms with E-state index in [1.54, 1.807) is 13.8 Å². The SMILES string of the molecule is CC(C)C1(O)CC(O)(C(F)F)C1. The molecule has 1 rings (SSSR count). The van der Waals surface area contributed by atoms with Crippen LogP contribution in [0.2, 0.25) is 0 Å². The lowest BCUT2D eigenvalue weighted by molar-refractivity contribution is -0.247. The summed E-state index contributed by atoms with van der Waals surface area (Å²) >= 11 is 0. The third-order valence-electron chi connectivity index (χ3n) is 2.71. The summed E-state index contributed by atoms with van der Waals surface area (Å²) < 4.78 is 24.2. The van der Waals surface area contributed by atoms with Crippen molar-refractivity contribution >= 4 is 0 Å². The monoisotopic (exact) mass is 180 g/mol. The van der Waals surface area contributed by atoms with Gasteiger partial charge in [0.1, 0.15) is 5.60 Å². The Bertz CT molecular complexity index is 156. The maximum atomic E-state index is 12.1. The largest absolute Gasteiger partial charge is 0.389 e.